The minimum atomic E-state index is -0.191. The SMILES string of the molecule is Cc1cccc(NC(=O)CN(Cc2ccc(O)cc2)Cc2cccc(C(=O)NN(C)C)c2)c1. The van der Waals surface area contributed by atoms with Crippen LogP contribution in [0.25, 0.3) is 0 Å². The fraction of sp³-hybridized carbons (Fsp3) is 0.231. The Morgan fingerprint density at radius 2 is 1.58 bits per heavy atom. The highest BCUT2D eigenvalue weighted by atomic mass is 16.3. The van der Waals surface area contributed by atoms with Crippen molar-refractivity contribution >= 4 is 17.5 Å². The first-order valence-electron chi connectivity index (χ1n) is 10.7. The second-order valence-electron chi connectivity index (χ2n) is 8.26. The highest BCUT2D eigenvalue weighted by molar-refractivity contribution is 5.94. The van der Waals surface area contributed by atoms with Gasteiger partial charge < -0.3 is 10.4 Å². The lowest BCUT2D eigenvalue weighted by Gasteiger charge is -2.22. The van der Waals surface area contributed by atoms with Crippen LogP contribution in [0.15, 0.2) is 72.8 Å². The van der Waals surface area contributed by atoms with Gasteiger partial charge in [0, 0.05) is 38.4 Å². The number of amides is 2. The van der Waals surface area contributed by atoms with E-state index in [2.05, 4.69) is 10.7 Å². The number of aromatic hydroxyl groups is 1. The van der Waals surface area contributed by atoms with E-state index in [1.54, 1.807) is 37.3 Å². The highest BCUT2D eigenvalue weighted by Gasteiger charge is 2.14. The molecule has 7 heteroatoms. The highest BCUT2D eigenvalue weighted by Crippen LogP contribution is 2.16. The molecule has 3 aromatic carbocycles. The molecule has 33 heavy (non-hydrogen) atoms. The average Bonchev–Trinajstić information content (AvgIpc) is 2.75. The lowest BCUT2D eigenvalue weighted by molar-refractivity contribution is -0.117. The van der Waals surface area contributed by atoms with E-state index in [1.165, 1.54) is 0 Å². The molecule has 7 nitrogen and oxygen atoms in total. The van der Waals surface area contributed by atoms with Gasteiger partial charge in [-0.1, -0.05) is 36.4 Å². The molecule has 0 aliphatic heterocycles. The fourth-order valence-corrected chi connectivity index (χ4v) is 3.49. The molecule has 172 valence electrons. The summed E-state index contributed by atoms with van der Waals surface area (Å²) in [6, 6.07) is 22.0. The predicted molar refractivity (Wildman–Crippen MR) is 130 cm³/mol. The van der Waals surface area contributed by atoms with Crippen molar-refractivity contribution in [2.45, 2.75) is 20.0 Å². The number of carbonyl (C=O) groups is 2. The molecule has 0 aliphatic rings. The molecule has 3 rings (SSSR count). The van der Waals surface area contributed by atoms with E-state index in [4.69, 9.17) is 0 Å². The topological polar surface area (TPSA) is 84.9 Å². The number of aryl methyl sites for hydroxylation is 1. The molecule has 0 aromatic heterocycles. The maximum atomic E-state index is 12.8. The average molecular weight is 447 g/mol. The van der Waals surface area contributed by atoms with E-state index in [1.807, 2.05) is 66.4 Å². The molecule has 2 amide bonds. The molecule has 0 bridgehead atoms. The van der Waals surface area contributed by atoms with Gasteiger partial charge in [-0.05, 0) is 60.0 Å². The summed E-state index contributed by atoms with van der Waals surface area (Å²) in [6.45, 7) is 3.13. The van der Waals surface area contributed by atoms with Crippen molar-refractivity contribution < 1.29 is 14.7 Å². The minimum absolute atomic E-state index is 0.124. The van der Waals surface area contributed by atoms with Crippen molar-refractivity contribution in [2.24, 2.45) is 0 Å². The van der Waals surface area contributed by atoms with Gasteiger partial charge in [-0.25, -0.2) is 5.01 Å². The first-order valence-corrected chi connectivity index (χ1v) is 10.7. The molecule has 0 saturated heterocycles. The van der Waals surface area contributed by atoms with Gasteiger partial charge in [-0.15, -0.1) is 0 Å². The van der Waals surface area contributed by atoms with E-state index >= 15 is 0 Å². The number of hydrogen-bond donors (Lipinski definition) is 3. The first-order chi connectivity index (χ1) is 15.8. The summed E-state index contributed by atoms with van der Waals surface area (Å²) in [5.74, 6) is -0.118. The van der Waals surface area contributed by atoms with Crippen molar-refractivity contribution in [3.63, 3.8) is 0 Å². The normalized spacial score (nSPS) is 10.9. The molecule has 0 heterocycles. The number of nitrogens with one attached hydrogen (secondary N) is 2. The number of rotatable bonds is 9. The van der Waals surface area contributed by atoms with Crippen molar-refractivity contribution in [1.82, 2.24) is 15.3 Å². The largest absolute Gasteiger partial charge is 0.508 e. The maximum absolute atomic E-state index is 12.8. The van der Waals surface area contributed by atoms with E-state index in [9.17, 15) is 14.7 Å². The van der Waals surface area contributed by atoms with Gasteiger partial charge in [-0.2, -0.15) is 0 Å². The van der Waals surface area contributed by atoms with E-state index < -0.39 is 0 Å². The van der Waals surface area contributed by atoms with Crippen molar-refractivity contribution in [1.29, 1.82) is 0 Å². The Bertz CT molecular complexity index is 1100. The van der Waals surface area contributed by atoms with Gasteiger partial charge in [0.05, 0.1) is 6.54 Å². The first kappa shape index (κ1) is 24.0. The summed E-state index contributed by atoms with van der Waals surface area (Å²) in [5.41, 5.74) is 7.01. The molecular formula is C26H30N4O3. The molecule has 0 atom stereocenters. The Hall–Kier alpha value is -3.68. The monoisotopic (exact) mass is 446 g/mol. The number of nitrogens with zero attached hydrogens (tertiary/aromatic N) is 2. The quantitative estimate of drug-likeness (QED) is 0.438. The second kappa shape index (κ2) is 11.3. The summed E-state index contributed by atoms with van der Waals surface area (Å²) in [5, 5.41) is 14.1. The fourth-order valence-electron chi connectivity index (χ4n) is 3.49. The minimum Gasteiger partial charge on any atom is -0.508 e. The number of benzene rings is 3. The summed E-state index contributed by atoms with van der Waals surface area (Å²) in [6.07, 6.45) is 0. The van der Waals surface area contributed by atoms with Crippen molar-refractivity contribution in [2.75, 3.05) is 26.0 Å². The number of anilines is 1. The number of phenols is 1. The number of carbonyl (C=O) groups excluding carboxylic acids is 2. The van der Waals surface area contributed by atoms with E-state index in [0.717, 1.165) is 22.4 Å². The third kappa shape index (κ3) is 7.75. The van der Waals surface area contributed by atoms with Crippen LogP contribution >= 0.6 is 0 Å². The molecule has 0 saturated carbocycles. The van der Waals surface area contributed by atoms with Crippen LogP contribution in [0.5, 0.6) is 5.75 Å². The summed E-state index contributed by atoms with van der Waals surface area (Å²) in [7, 11) is 3.52. The predicted octanol–water partition coefficient (Wildman–Crippen LogP) is 3.55. The van der Waals surface area contributed by atoms with Gasteiger partial charge in [-0.3, -0.25) is 19.9 Å². The summed E-state index contributed by atoms with van der Waals surface area (Å²) in [4.78, 5) is 27.2. The number of phenolic OH excluding ortho intramolecular Hbond substituents is 1. The molecule has 0 aliphatic carbocycles. The van der Waals surface area contributed by atoms with Gasteiger partial charge >= 0.3 is 0 Å². The summed E-state index contributed by atoms with van der Waals surface area (Å²) >= 11 is 0. The lowest BCUT2D eigenvalue weighted by Crippen LogP contribution is -2.36. The Morgan fingerprint density at radius 3 is 2.27 bits per heavy atom. The molecule has 0 unspecified atom stereocenters. The van der Waals surface area contributed by atoms with Crippen LogP contribution in [-0.4, -0.2) is 47.5 Å². The van der Waals surface area contributed by atoms with Crippen molar-refractivity contribution in [3.05, 3.63) is 95.1 Å². The Kier molecular flexibility index (Phi) is 8.18. The van der Waals surface area contributed by atoms with Gasteiger partial charge in [0.15, 0.2) is 0 Å². The van der Waals surface area contributed by atoms with Crippen LogP contribution in [0, 0.1) is 6.92 Å². The van der Waals surface area contributed by atoms with Gasteiger partial charge in [0.1, 0.15) is 5.75 Å². The standard InChI is InChI=1S/C26H30N4O3/c1-19-6-4-9-23(14-19)27-25(32)18-30(16-20-10-12-24(31)13-11-20)17-21-7-5-8-22(15-21)26(33)28-29(2)3/h4-15,31H,16-18H2,1-3H3,(H,27,32)(H,28,33). The lowest BCUT2D eigenvalue weighted by atomic mass is 10.1. The second-order valence-corrected chi connectivity index (χ2v) is 8.26. The molecule has 3 aromatic rings. The van der Waals surface area contributed by atoms with Gasteiger partial charge in [0.2, 0.25) is 5.91 Å². The van der Waals surface area contributed by atoms with Crippen molar-refractivity contribution in [3.8, 4) is 5.75 Å². The van der Waals surface area contributed by atoms with Crippen LogP contribution in [0.2, 0.25) is 0 Å². The number of hydrogen-bond acceptors (Lipinski definition) is 5. The van der Waals surface area contributed by atoms with Crippen LogP contribution in [-0.2, 0) is 17.9 Å². The van der Waals surface area contributed by atoms with Crippen LogP contribution in [0.4, 0.5) is 5.69 Å². The molecule has 0 spiro atoms. The smallest absolute Gasteiger partial charge is 0.265 e. The third-order valence-corrected chi connectivity index (χ3v) is 4.93. The molecule has 3 N–H and O–H groups in total. The molecule has 0 fully saturated rings. The summed E-state index contributed by atoms with van der Waals surface area (Å²) < 4.78 is 0. The van der Waals surface area contributed by atoms with E-state index in [0.29, 0.717) is 18.7 Å². The zero-order valence-corrected chi connectivity index (χ0v) is 19.2. The Morgan fingerprint density at radius 1 is 0.879 bits per heavy atom. The van der Waals surface area contributed by atoms with Crippen LogP contribution in [0.1, 0.15) is 27.0 Å². The Labute approximate surface area is 194 Å². The third-order valence-electron chi connectivity index (χ3n) is 4.93. The maximum Gasteiger partial charge on any atom is 0.265 e. The zero-order valence-electron chi connectivity index (χ0n) is 19.2. The van der Waals surface area contributed by atoms with Gasteiger partial charge in [0.25, 0.3) is 5.91 Å². The van der Waals surface area contributed by atoms with Crippen LogP contribution < -0.4 is 10.7 Å². The number of hydrazine groups is 1. The van der Waals surface area contributed by atoms with E-state index in [-0.39, 0.29) is 24.1 Å². The Balaban J connectivity index is 1.76. The van der Waals surface area contributed by atoms with Crippen LogP contribution in [0.3, 0.4) is 0 Å². The molecule has 0 radical (unpaired) electrons. The zero-order chi connectivity index (χ0) is 23.8. The molecular weight excluding hydrogens is 416 g/mol.